The highest BCUT2D eigenvalue weighted by atomic mass is 79.9. The Morgan fingerprint density at radius 2 is 1.88 bits per heavy atom. The van der Waals surface area contributed by atoms with Gasteiger partial charge in [-0.25, -0.2) is 13.1 Å². The molecule has 1 heterocycles. The Hall–Kier alpha value is -2.03. The number of fused-ring (bicyclic) bond motifs is 1. The SMILES string of the molecule is COc1ccc(NCCNS(=O)(=O)c2c[nH]c3ccc(Br)cc23)cc1. The monoisotopic (exact) mass is 423 g/mol. The van der Waals surface area contributed by atoms with Gasteiger partial charge in [-0.2, -0.15) is 0 Å². The van der Waals surface area contributed by atoms with E-state index in [1.165, 1.54) is 6.20 Å². The van der Waals surface area contributed by atoms with E-state index in [9.17, 15) is 8.42 Å². The van der Waals surface area contributed by atoms with Crippen LogP contribution in [0.4, 0.5) is 5.69 Å². The largest absolute Gasteiger partial charge is 0.497 e. The first-order valence-electron chi connectivity index (χ1n) is 7.64. The average Bonchev–Trinajstić information content (AvgIpc) is 3.03. The van der Waals surface area contributed by atoms with E-state index in [-0.39, 0.29) is 11.4 Å². The zero-order valence-corrected chi connectivity index (χ0v) is 15.9. The van der Waals surface area contributed by atoms with Crippen molar-refractivity contribution in [2.24, 2.45) is 0 Å². The first-order valence-corrected chi connectivity index (χ1v) is 9.91. The van der Waals surface area contributed by atoms with Crippen LogP contribution in [0.3, 0.4) is 0 Å². The molecule has 8 heteroatoms. The molecule has 25 heavy (non-hydrogen) atoms. The minimum Gasteiger partial charge on any atom is -0.497 e. The molecular formula is C17H18BrN3O3S. The zero-order valence-electron chi connectivity index (χ0n) is 13.5. The van der Waals surface area contributed by atoms with Gasteiger partial charge < -0.3 is 15.0 Å². The fourth-order valence-electron chi connectivity index (χ4n) is 2.47. The predicted octanol–water partition coefficient (Wildman–Crippen LogP) is 3.33. The maximum absolute atomic E-state index is 12.5. The van der Waals surface area contributed by atoms with Gasteiger partial charge in [0.1, 0.15) is 10.6 Å². The number of aromatic amines is 1. The number of methoxy groups -OCH3 is 1. The zero-order chi connectivity index (χ0) is 17.9. The van der Waals surface area contributed by atoms with Gasteiger partial charge in [-0.05, 0) is 42.5 Å². The second-order valence-electron chi connectivity index (χ2n) is 5.40. The molecule has 0 saturated heterocycles. The third kappa shape index (κ3) is 4.15. The summed E-state index contributed by atoms with van der Waals surface area (Å²) in [6, 6.07) is 12.9. The third-order valence-corrected chi connectivity index (χ3v) is 5.73. The standard InChI is InChI=1S/C17H18BrN3O3S/c1-24-14-5-3-13(4-6-14)19-8-9-21-25(22,23)17-11-20-16-7-2-12(18)10-15(16)17/h2-7,10-11,19-21H,8-9H2,1H3. The molecule has 0 radical (unpaired) electrons. The molecule has 0 unspecified atom stereocenters. The fourth-order valence-corrected chi connectivity index (χ4v) is 4.03. The first kappa shape index (κ1) is 17.8. The van der Waals surface area contributed by atoms with E-state index in [2.05, 4.69) is 31.0 Å². The van der Waals surface area contributed by atoms with Crippen molar-refractivity contribution in [2.45, 2.75) is 4.90 Å². The Bertz CT molecular complexity index is 968. The number of halogens is 1. The fraction of sp³-hybridized carbons (Fsp3) is 0.176. The van der Waals surface area contributed by atoms with Crippen molar-refractivity contribution in [3.63, 3.8) is 0 Å². The normalized spacial score (nSPS) is 11.6. The highest BCUT2D eigenvalue weighted by Gasteiger charge is 2.18. The second kappa shape index (κ2) is 7.47. The van der Waals surface area contributed by atoms with Crippen LogP contribution in [0, 0.1) is 0 Å². The molecule has 3 N–H and O–H groups in total. The van der Waals surface area contributed by atoms with Crippen molar-refractivity contribution >= 4 is 42.5 Å². The van der Waals surface area contributed by atoms with Crippen LogP contribution in [0.1, 0.15) is 0 Å². The van der Waals surface area contributed by atoms with Crippen molar-refractivity contribution in [2.75, 3.05) is 25.5 Å². The Labute approximate surface area is 154 Å². The number of sulfonamides is 1. The Balaban J connectivity index is 1.62. The van der Waals surface area contributed by atoms with Crippen molar-refractivity contribution in [3.8, 4) is 5.75 Å². The highest BCUT2D eigenvalue weighted by molar-refractivity contribution is 9.10. The average molecular weight is 424 g/mol. The number of benzene rings is 2. The van der Waals surface area contributed by atoms with Gasteiger partial charge >= 0.3 is 0 Å². The van der Waals surface area contributed by atoms with Crippen molar-refractivity contribution < 1.29 is 13.2 Å². The molecule has 1 aromatic heterocycles. The summed E-state index contributed by atoms with van der Waals surface area (Å²) >= 11 is 3.37. The van der Waals surface area contributed by atoms with Gasteiger partial charge in [0.05, 0.1) is 7.11 Å². The van der Waals surface area contributed by atoms with E-state index in [0.717, 1.165) is 21.4 Å². The number of anilines is 1. The number of nitrogens with one attached hydrogen (secondary N) is 3. The number of hydrogen-bond acceptors (Lipinski definition) is 4. The Kier molecular flexibility index (Phi) is 5.31. The van der Waals surface area contributed by atoms with E-state index in [0.29, 0.717) is 11.9 Å². The van der Waals surface area contributed by atoms with E-state index in [1.54, 1.807) is 13.2 Å². The molecule has 132 valence electrons. The second-order valence-corrected chi connectivity index (χ2v) is 8.05. The summed E-state index contributed by atoms with van der Waals surface area (Å²) in [5.41, 5.74) is 1.68. The van der Waals surface area contributed by atoms with Crippen molar-refractivity contribution in [3.05, 3.63) is 53.1 Å². The van der Waals surface area contributed by atoms with E-state index in [1.807, 2.05) is 36.4 Å². The molecule has 0 aliphatic rings. The topological polar surface area (TPSA) is 83.2 Å². The van der Waals surface area contributed by atoms with E-state index < -0.39 is 10.0 Å². The summed E-state index contributed by atoms with van der Waals surface area (Å²) in [7, 11) is -1.98. The van der Waals surface area contributed by atoms with Crippen LogP contribution >= 0.6 is 15.9 Å². The number of ether oxygens (including phenoxy) is 1. The number of rotatable bonds is 7. The number of hydrogen-bond donors (Lipinski definition) is 3. The maximum atomic E-state index is 12.5. The lowest BCUT2D eigenvalue weighted by Gasteiger charge is -2.09. The summed E-state index contributed by atoms with van der Waals surface area (Å²) in [6.07, 6.45) is 1.51. The van der Waals surface area contributed by atoms with Crippen LogP contribution in [0.15, 0.2) is 58.0 Å². The van der Waals surface area contributed by atoms with E-state index in [4.69, 9.17) is 4.74 Å². The summed E-state index contributed by atoms with van der Waals surface area (Å²) in [5.74, 6) is 0.775. The number of aromatic nitrogens is 1. The van der Waals surface area contributed by atoms with Gasteiger partial charge in [0.25, 0.3) is 0 Å². The Morgan fingerprint density at radius 1 is 1.12 bits per heavy atom. The van der Waals surface area contributed by atoms with Gasteiger partial charge in [-0.15, -0.1) is 0 Å². The summed E-state index contributed by atoms with van der Waals surface area (Å²) in [6.45, 7) is 0.743. The molecule has 0 aliphatic carbocycles. The molecule has 3 aromatic rings. The number of H-pyrrole nitrogens is 1. The van der Waals surface area contributed by atoms with Crippen LogP contribution in [0.2, 0.25) is 0 Å². The van der Waals surface area contributed by atoms with E-state index >= 15 is 0 Å². The molecule has 0 saturated carbocycles. The van der Waals surface area contributed by atoms with Gasteiger partial charge in [0.15, 0.2) is 0 Å². The minimum absolute atomic E-state index is 0.244. The lowest BCUT2D eigenvalue weighted by Crippen LogP contribution is -2.28. The summed E-state index contributed by atoms with van der Waals surface area (Å²) in [5, 5.41) is 3.82. The van der Waals surface area contributed by atoms with Gasteiger partial charge in [-0.1, -0.05) is 15.9 Å². The van der Waals surface area contributed by atoms with Crippen LogP contribution in [0.25, 0.3) is 10.9 Å². The van der Waals surface area contributed by atoms with Crippen LogP contribution in [-0.4, -0.2) is 33.6 Å². The molecule has 0 aliphatic heterocycles. The van der Waals surface area contributed by atoms with Crippen molar-refractivity contribution in [1.29, 1.82) is 0 Å². The maximum Gasteiger partial charge on any atom is 0.242 e. The van der Waals surface area contributed by atoms with Crippen LogP contribution < -0.4 is 14.8 Å². The van der Waals surface area contributed by atoms with Crippen LogP contribution in [0.5, 0.6) is 5.75 Å². The van der Waals surface area contributed by atoms with Crippen LogP contribution in [-0.2, 0) is 10.0 Å². The smallest absolute Gasteiger partial charge is 0.242 e. The van der Waals surface area contributed by atoms with Gasteiger partial charge in [0, 0.05) is 40.3 Å². The lowest BCUT2D eigenvalue weighted by molar-refractivity contribution is 0.415. The quantitative estimate of drug-likeness (QED) is 0.508. The molecule has 3 rings (SSSR count). The highest BCUT2D eigenvalue weighted by Crippen LogP contribution is 2.25. The van der Waals surface area contributed by atoms with Gasteiger partial charge in [-0.3, -0.25) is 0 Å². The molecule has 6 nitrogen and oxygen atoms in total. The Morgan fingerprint density at radius 3 is 2.60 bits per heavy atom. The summed E-state index contributed by atoms with van der Waals surface area (Å²) in [4.78, 5) is 3.22. The minimum atomic E-state index is -3.59. The molecular weight excluding hydrogens is 406 g/mol. The third-order valence-electron chi connectivity index (χ3n) is 3.73. The first-order chi connectivity index (χ1) is 12.0. The van der Waals surface area contributed by atoms with Gasteiger partial charge in [0.2, 0.25) is 10.0 Å². The molecule has 2 aromatic carbocycles. The lowest BCUT2D eigenvalue weighted by atomic mass is 10.2. The molecule has 0 spiro atoms. The summed E-state index contributed by atoms with van der Waals surface area (Å²) < 4.78 is 33.6. The molecule has 0 fully saturated rings. The molecule has 0 amide bonds. The molecule has 0 atom stereocenters. The molecule has 0 bridgehead atoms. The van der Waals surface area contributed by atoms with Crippen molar-refractivity contribution in [1.82, 2.24) is 9.71 Å². The predicted molar refractivity (Wildman–Crippen MR) is 103 cm³/mol.